The lowest BCUT2D eigenvalue weighted by atomic mass is 10.2. The molecule has 4 nitrogen and oxygen atoms in total. The van der Waals surface area contributed by atoms with Gasteiger partial charge in [0.15, 0.2) is 0 Å². The smallest absolute Gasteiger partial charge is 0.272 e. The van der Waals surface area contributed by atoms with Crippen LogP contribution in [0.3, 0.4) is 0 Å². The van der Waals surface area contributed by atoms with Crippen molar-refractivity contribution in [2.75, 3.05) is 6.54 Å². The minimum absolute atomic E-state index is 0.0143. The van der Waals surface area contributed by atoms with Gasteiger partial charge in [-0.3, -0.25) is 4.79 Å². The van der Waals surface area contributed by atoms with Gasteiger partial charge in [-0.25, -0.2) is 4.98 Å². The quantitative estimate of drug-likeness (QED) is 0.879. The van der Waals surface area contributed by atoms with E-state index < -0.39 is 0 Å². The Hall–Kier alpha value is -1.68. The molecule has 0 saturated carbocycles. The molecule has 1 N–H and O–H groups in total. The third kappa shape index (κ3) is 3.07. The van der Waals surface area contributed by atoms with Crippen molar-refractivity contribution in [3.05, 3.63) is 40.3 Å². The fourth-order valence-corrected chi connectivity index (χ4v) is 2.41. The van der Waals surface area contributed by atoms with Crippen LogP contribution in [0.4, 0.5) is 0 Å². The van der Waals surface area contributed by atoms with E-state index in [1.54, 1.807) is 6.92 Å². The van der Waals surface area contributed by atoms with Crippen LogP contribution in [0, 0.1) is 6.92 Å². The molecule has 0 amide bonds. The van der Waals surface area contributed by atoms with Crippen molar-refractivity contribution in [1.82, 2.24) is 14.9 Å². The van der Waals surface area contributed by atoms with Gasteiger partial charge >= 0.3 is 0 Å². The lowest BCUT2D eigenvalue weighted by molar-refractivity contribution is 0.436. The van der Waals surface area contributed by atoms with E-state index in [2.05, 4.69) is 24.1 Å². The Morgan fingerprint density at radius 2 is 2.05 bits per heavy atom. The van der Waals surface area contributed by atoms with Gasteiger partial charge in [0.05, 0.1) is 11.0 Å². The fraction of sp³-hybridized carbons (Fsp3) is 0.500. The van der Waals surface area contributed by atoms with Gasteiger partial charge < -0.3 is 9.88 Å². The second-order valence-corrected chi connectivity index (χ2v) is 5.16. The zero-order valence-electron chi connectivity index (χ0n) is 12.5. The van der Waals surface area contributed by atoms with E-state index >= 15 is 0 Å². The van der Waals surface area contributed by atoms with Crippen molar-refractivity contribution in [2.45, 2.75) is 46.2 Å². The molecule has 20 heavy (non-hydrogen) atoms. The molecule has 0 bridgehead atoms. The molecular formula is C16H23N3O. The van der Waals surface area contributed by atoms with Crippen LogP contribution in [0.2, 0.25) is 0 Å². The van der Waals surface area contributed by atoms with Gasteiger partial charge in [0.25, 0.3) is 5.56 Å². The summed E-state index contributed by atoms with van der Waals surface area (Å²) < 4.78 is 1.86. The molecule has 0 fully saturated rings. The molecule has 1 aromatic carbocycles. The highest BCUT2D eigenvalue weighted by Gasteiger charge is 2.12. The SMILES string of the molecule is CCCNC(CC)Cn1c(=O)c(C)nc2ccccc21. The number of hydrogen-bond acceptors (Lipinski definition) is 3. The third-order valence-electron chi connectivity index (χ3n) is 3.59. The summed E-state index contributed by atoms with van der Waals surface area (Å²) in [5.74, 6) is 0. The monoisotopic (exact) mass is 273 g/mol. The summed E-state index contributed by atoms with van der Waals surface area (Å²) in [4.78, 5) is 16.8. The molecule has 0 aliphatic carbocycles. The van der Waals surface area contributed by atoms with Crippen LogP contribution in [0.25, 0.3) is 11.0 Å². The van der Waals surface area contributed by atoms with Crippen LogP contribution in [0.5, 0.6) is 0 Å². The van der Waals surface area contributed by atoms with Gasteiger partial charge in [0, 0.05) is 12.6 Å². The summed E-state index contributed by atoms with van der Waals surface area (Å²) in [6.07, 6.45) is 2.10. The van der Waals surface area contributed by atoms with Crippen molar-refractivity contribution < 1.29 is 0 Å². The van der Waals surface area contributed by atoms with E-state index in [4.69, 9.17) is 0 Å². The number of para-hydroxylation sites is 2. The lowest BCUT2D eigenvalue weighted by Gasteiger charge is -2.19. The summed E-state index contributed by atoms with van der Waals surface area (Å²) in [5.41, 5.74) is 2.38. The average molecular weight is 273 g/mol. The van der Waals surface area contributed by atoms with Crippen molar-refractivity contribution in [2.24, 2.45) is 0 Å². The zero-order chi connectivity index (χ0) is 14.5. The fourth-order valence-electron chi connectivity index (χ4n) is 2.41. The van der Waals surface area contributed by atoms with E-state index in [1.165, 1.54) is 0 Å². The standard InChI is InChI=1S/C16H23N3O/c1-4-10-17-13(5-2)11-19-15-9-7-6-8-14(15)18-12(3)16(19)20/h6-9,13,17H,4-5,10-11H2,1-3H3. The second kappa shape index (κ2) is 6.66. The second-order valence-electron chi connectivity index (χ2n) is 5.16. The minimum atomic E-state index is 0.0143. The number of rotatable bonds is 6. The van der Waals surface area contributed by atoms with Crippen LogP contribution in [0.15, 0.2) is 29.1 Å². The average Bonchev–Trinajstić information content (AvgIpc) is 2.47. The van der Waals surface area contributed by atoms with Gasteiger partial charge in [-0.15, -0.1) is 0 Å². The molecule has 0 aliphatic heterocycles. The Kier molecular flexibility index (Phi) is 4.90. The van der Waals surface area contributed by atoms with E-state index in [0.29, 0.717) is 18.3 Å². The zero-order valence-corrected chi connectivity index (χ0v) is 12.5. The topological polar surface area (TPSA) is 46.9 Å². The van der Waals surface area contributed by atoms with Gasteiger partial charge in [-0.05, 0) is 38.4 Å². The summed E-state index contributed by atoms with van der Waals surface area (Å²) >= 11 is 0. The molecule has 2 rings (SSSR count). The molecule has 0 radical (unpaired) electrons. The first-order valence-electron chi connectivity index (χ1n) is 7.37. The molecule has 4 heteroatoms. The summed E-state index contributed by atoms with van der Waals surface area (Å²) in [5, 5.41) is 3.50. The van der Waals surface area contributed by atoms with Gasteiger partial charge in [0.1, 0.15) is 5.69 Å². The summed E-state index contributed by atoms with van der Waals surface area (Å²) in [7, 11) is 0. The maximum absolute atomic E-state index is 12.4. The Morgan fingerprint density at radius 1 is 1.30 bits per heavy atom. The normalized spacial score (nSPS) is 12.8. The van der Waals surface area contributed by atoms with E-state index in [9.17, 15) is 4.79 Å². The first kappa shape index (κ1) is 14.7. The maximum atomic E-state index is 12.4. The first-order valence-corrected chi connectivity index (χ1v) is 7.37. The molecule has 2 aromatic rings. The number of nitrogens with zero attached hydrogens (tertiary/aromatic N) is 2. The largest absolute Gasteiger partial charge is 0.312 e. The molecule has 1 atom stereocenters. The van der Waals surface area contributed by atoms with Crippen LogP contribution in [-0.2, 0) is 6.54 Å². The molecule has 0 spiro atoms. The number of benzene rings is 1. The highest BCUT2D eigenvalue weighted by atomic mass is 16.1. The number of nitrogens with one attached hydrogen (secondary N) is 1. The Bertz CT molecular complexity index is 633. The predicted molar refractivity (Wildman–Crippen MR) is 83.1 cm³/mol. The number of aryl methyl sites for hydroxylation is 1. The van der Waals surface area contributed by atoms with Crippen molar-refractivity contribution >= 4 is 11.0 Å². The Labute approximate surface area is 119 Å². The Morgan fingerprint density at radius 3 is 2.75 bits per heavy atom. The van der Waals surface area contributed by atoms with Crippen molar-refractivity contribution in [3.63, 3.8) is 0 Å². The highest BCUT2D eigenvalue weighted by molar-refractivity contribution is 5.74. The number of hydrogen-bond donors (Lipinski definition) is 1. The minimum Gasteiger partial charge on any atom is -0.312 e. The molecule has 1 unspecified atom stereocenters. The van der Waals surface area contributed by atoms with Crippen LogP contribution in [0.1, 0.15) is 32.4 Å². The van der Waals surface area contributed by atoms with Crippen LogP contribution < -0.4 is 10.9 Å². The van der Waals surface area contributed by atoms with Crippen molar-refractivity contribution in [3.8, 4) is 0 Å². The summed E-state index contributed by atoms with van der Waals surface area (Å²) in [6.45, 7) is 7.76. The Balaban J connectivity index is 2.41. The lowest BCUT2D eigenvalue weighted by Crippen LogP contribution is -2.37. The van der Waals surface area contributed by atoms with Crippen molar-refractivity contribution in [1.29, 1.82) is 0 Å². The van der Waals surface area contributed by atoms with E-state index in [0.717, 1.165) is 30.4 Å². The summed E-state index contributed by atoms with van der Waals surface area (Å²) in [6, 6.07) is 8.15. The van der Waals surface area contributed by atoms with Gasteiger partial charge in [0.2, 0.25) is 0 Å². The first-order chi connectivity index (χ1) is 9.67. The van der Waals surface area contributed by atoms with E-state index in [-0.39, 0.29) is 5.56 Å². The molecule has 0 saturated heterocycles. The van der Waals surface area contributed by atoms with Gasteiger partial charge in [-0.2, -0.15) is 0 Å². The molecular weight excluding hydrogens is 250 g/mol. The van der Waals surface area contributed by atoms with Crippen LogP contribution in [-0.4, -0.2) is 22.1 Å². The predicted octanol–water partition coefficient (Wildman–Crippen LogP) is 2.48. The number of aromatic nitrogens is 2. The third-order valence-corrected chi connectivity index (χ3v) is 3.59. The number of fused-ring (bicyclic) bond motifs is 1. The van der Waals surface area contributed by atoms with E-state index in [1.807, 2.05) is 28.8 Å². The molecule has 1 heterocycles. The highest BCUT2D eigenvalue weighted by Crippen LogP contribution is 2.10. The molecule has 1 aromatic heterocycles. The van der Waals surface area contributed by atoms with Crippen LogP contribution >= 0.6 is 0 Å². The van der Waals surface area contributed by atoms with Gasteiger partial charge in [-0.1, -0.05) is 26.0 Å². The molecule has 108 valence electrons. The molecule has 0 aliphatic rings. The maximum Gasteiger partial charge on any atom is 0.272 e.